The van der Waals surface area contributed by atoms with Gasteiger partial charge in [-0.15, -0.1) is 0 Å². The van der Waals surface area contributed by atoms with Crippen molar-refractivity contribution in [2.24, 2.45) is 5.92 Å². The molecule has 0 saturated carbocycles. The van der Waals surface area contributed by atoms with Crippen LogP contribution in [0.1, 0.15) is 60.9 Å². The first-order valence-corrected chi connectivity index (χ1v) is 13.9. The molecule has 1 atom stereocenters. The summed E-state index contributed by atoms with van der Waals surface area (Å²) in [5, 5.41) is 3.88. The van der Waals surface area contributed by atoms with E-state index < -0.39 is 10.0 Å². The van der Waals surface area contributed by atoms with Crippen molar-refractivity contribution in [3.63, 3.8) is 0 Å². The molecular weight excluding hydrogens is 479 g/mol. The molecule has 1 aliphatic heterocycles. The molecule has 5 nitrogen and oxygen atoms in total. The van der Waals surface area contributed by atoms with Gasteiger partial charge < -0.3 is 5.32 Å². The Hall–Kier alpha value is -1.60. The molecule has 0 spiro atoms. The van der Waals surface area contributed by atoms with E-state index in [0.29, 0.717) is 41.5 Å². The van der Waals surface area contributed by atoms with Crippen LogP contribution in [-0.4, -0.2) is 31.7 Å². The van der Waals surface area contributed by atoms with Crippen molar-refractivity contribution in [1.29, 1.82) is 0 Å². The molecule has 0 radical (unpaired) electrons. The van der Waals surface area contributed by atoms with E-state index in [1.807, 2.05) is 6.92 Å². The van der Waals surface area contributed by atoms with Gasteiger partial charge in [0.2, 0.25) is 15.9 Å². The number of benzene rings is 2. The first kappa shape index (κ1) is 24.5. The Morgan fingerprint density at radius 1 is 1.03 bits per heavy atom. The third-order valence-electron chi connectivity index (χ3n) is 6.78. The first-order valence-electron chi connectivity index (χ1n) is 11.6. The van der Waals surface area contributed by atoms with Crippen LogP contribution in [0.15, 0.2) is 36.4 Å². The highest BCUT2D eigenvalue weighted by molar-refractivity contribution is 7.88. The van der Waals surface area contributed by atoms with E-state index >= 15 is 0 Å². The summed E-state index contributed by atoms with van der Waals surface area (Å²) >= 11 is 11.9. The van der Waals surface area contributed by atoms with Gasteiger partial charge in [-0.25, -0.2) is 12.7 Å². The Morgan fingerprint density at radius 3 is 2.42 bits per heavy atom. The molecule has 0 aromatic heterocycles. The highest BCUT2D eigenvalue weighted by Crippen LogP contribution is 2.28. The normalized spacial score (nSPS) is 18.5. The molecule has 1 saturated heterocycles. The number of piperidine rings is 1. The number of carbonyl (C=O) groups is 1. The fourth-order valence-corrected chi connectivity index (χ4v) is 6.64. The molecule has 1 N–H and O–H groups in total. The molecule has 0 bridgehead atoms. The van der Waals surface area contributed by atoms with Gasteiger partial charge in [-0.05, 0) is 79.8 Å². The van der Waals surface area contributed by atoms with Crippen LogP contribution < -0.4 is 5.32 Å². The third kappa shape index (κ3) is 5.91. The van der Waals surface area contributed by atoms with Gasteiger partial charge in [0.05, 0.1) is 21.8 Å². The molecule has 33 heavy (non-hydrogen) atoms. The zero-order valence-corrected chi connectivity index (χ0v) is 21.1. The van der Waals surface area contributed by atoms with E-state index in [1.165, 1.54) is 28.3 Å². The average Bonchev–Trinajstić information content (AvgIpc) is 2.81. The standard InChI is InChI=1S/C25H30Cl2N2O3S/c1-17(21-8-7-19-4-2-3-5-22(19)15-21)28-25(30)20-10-12-29(13-11-20)33(31,32)16-18-6-9-23(26)24(27)14-18/h6-9,14-15,17,20H,2-5,10-13,16H2,1H3,(H,28,30)/t17-/m1/s1. The molecular formula is C25H30Cl2N2O3S. The van der Waals surface area contributed by atoms with Gasteiger partial charge in [-0.1, -0.05) is 47.5 Å². The quantitative estimate of drug-likeness (QED) is 0.576. The molecule has 2 aromatic rings. The second-order valence-electron chi connectivity index (χ2n) is 9.14. The third-order valence-corrected chi connectivity index (χ3v) is 9.37. The Labute approximate surface area is 206 Å². The number of halogens is 2. The number of hydrogen-bond donors (Lipinski definition) is 1. The number of sulfonamides is 1. The van der Waals surface area contributed by atoms with Crippen molar-refractivity contribution in [2.45, 2.75) is 57.2 Å². The number of hydrogen-bond acceptors (Lipinski definition) is 3. The van der Waals surface area contributed by atoms with Crippen molar-refractivity contribution in [3.05, 3.63) is 68.7 Å². The molecule has 178 valence electrons. The minimum absolute atomic E-state index is 0.00162. The van der Waals surface area contributed by atoms with Crippen LogP contribution in [0.3, 0.4) is 0 Å². The predicted octanol–water partition coefficient (Wildman–Crippen LogP) is 5.29. The van der Waals surface area contributed by atoms with Crippen LogP contribution in [0.2, 0.25) is 10.0 Å². The van der Waals surface area contributed by atoms with Gasteiger partial charge in [0, 0.05) is 19.0 Å². The molecule has 1 heterocycles. The van der Waals surface area contributed by atoms with Gasteiger partial charge in [0.25, 0.3) is 0 Å². The number of nitrogens with zero attached hydrogens (tertiary/aromatic N) is 1. The summed E-state index contributed by atoms with van der Waals surface area (Å²) in [6.07, 6.45) is 5.76. The average molecular weight is 509 g/mol. The van der Waals surface area contributed by atoms with E-state index in [-0.39, 0.29) is 23.6 Å². The maximum atomic E-state index is 12.9. The van der Waals surface area contributed by atoms with E-state index in [0.717, 1.165) is 18.4 Å². The highest BCUT2D eigenvalue weighted by atomic mass is 35.5. The molecule has 8 heteroatoms. The van der Waals surface area contributed by atoms with Crippen LogP contribution in [-0.2, 0) is 33.4 Å². The van der Waals surface area contributed by atoms with Crippen LogP contribution in [0.25, 0.3) is 0 Å². The summed E-state index contributed by atoms with van der Waals surface area (Å²) in [6.45, 7) is 2.70. The lowest BCUT2D eigenvalue weighted by atomic mass is 9.89. The number of rotatable bonds is 6. The van der Waals surface area contributed by atoms with Crippen molar-refractivity contribution >= 4 is 39.1 Å². The predicted molar refractivity (Wildman–Crippen MR) is 133 cm³/mol. The van der Waals surface area contributed by atoms with Gasteiger partial charge in [-0.2, -0.15) is 0 Å². The van der Waals surface area contributed by atoms with Crippen LogP contribution in [0, 0.1) is 5.92 Å². The zero-order chi connectivity index (χ0) is 23.6. The number of nitrogens with one attached hydrogen (secondary N) is 1. The van der Waals surface area contributed by atoms with Gasteiger partial charge in [0.15, 0.2) is 0 Å². The Balaban J connectivity index is 1.31. The van der Waals surface area contributed by atoms with E-state index in [1.54, 1.807) is 18.2 Å². The molecule has 2 aliphatic rings. The van der Waals surface area contributed by atoms with Crippen molar-refractivity contribution < 1.29 is 13.2 Å². The summed E-state index contributed by atoms with van der Waals surface area (Å²) in [6, 6.07) is 11.3. The first-order chi connectivity index (χ1) is 15.7. The molecule has 1 amide bonds. The number of amides is 1. The lowest BCUT2D eigenvalue weighted by Gasteiger charge is -2.31. The summed E-state index contributed by atoms with van der Waals surface area (Å²) < 4.78 is 27.2. The monoisotopic (exact) mass is 508 g/mol. The van der Waals surface area contributed by atoms with E-state index in [4.69, 9.17) is 23.2 Å². The largest absolute Gasteiger partial charge is 0.349 e. The topological polar surface area (TPSA) is 66.5 Å². The van der Waals surface area contributed by atoms with Gasteiger partial charge in [0.1, 0.15) is 0 Å². The second kappa shape index (κ2) is 10.3. The van der Waals surface area contributed by atoms with Crippen molar-refractivity contribution in [3.8, 4) is 0 Å². The Morgan fingerprint density at radius 2 is 1.73 bits per heavy atom. The minimum atomic E-state index is -3.49. The maximum absolute atomic E-state index is 12.9. The second-order valence-corrected chi connectivity index (χ2v) is 11.9. The smallest absolute Gasteiger partial charge is 0.223 e. The van der Waals surface area contributed by atoms with Crippen molar-refractivity contribution in [1.82, 2.24) is 9.62 Å². The number of fused-ring (bicyclic) bond motifs is 1. The summed E-state index contributed by atoms with van der Waals surface area (Å²) in [5.41, 5.74) is 4.56. The maximum Gasteiger partial charge on any atom is 0.223 e. The van der Waals surface area contributed by atoms with Gasteiger partial charge in [-0.3, -0.25) is 4.79 Å². The molecule has 2 aromatic carbocycles. The summed E-state index contributed by atoms with van der Waals surface area (Å²) in [5.74, 6) is -0.306. The van der Waals surface area contributed by atoms with Crippen LogP contribution in [0.4, 0.5) is 0 Å². The molecule has 0 unspecified atom stereocenters. The highest BCUT2D eigenvalue weighted by Gasteiger charge is 2.31. The minimum Gasteiger partial charge on any atom is -0.349 e. The molecule has 1 aliphatic carbocycles. The fourth-order valence-electron chi connectivity index (χ4n) is 4.76. The number of aryl methyl sites for hydroxylation is 2. The van der Waals surface area contributed by atoms with E-state index in [9.17, 15) is 13.2 Å². The molecule has 1 fully saturated rings. The lowest BCUT2D eigenvalue weighted by molar-refractivity contribution is -0.126. The Kier molecular flexibility index (Phi) is 7.69. The lowest BCUT2D eigenvalue weighted by Crippen LogP contribution is -2.43. The van der Waals surface area contributed by atoms with E-state index in [2.05, 4.69) is 23.5 Å². The van der Waals surface area contributed by atoms with Gasteiger partial charge >= 0.3 is 0 Å². The SMILES string of the molecule is C[C@@H](NC(=O)C1CCN(S(=O)(=O)Cc2ccc(Cl)c(Cl)c2)CC1)c1ccc2c(c1)CCCC2. The number of carbonyl (C=O) groups excluding carboxylic acids is 1. The molecule has 4 rings (SSSR count). The van der Waals surface area contributed by atoms with Crippen molar-refractivity contribution in [2.75, 3.05) is 13.1 Å². The summed E-state index contributed by atoms with van der Waals surface area (Å²) in [7, 11) is -3.49. The summed E-state index contributed by atoms with van der Waals surface area (Å²) in [4.78, 5) is 12.9. The van der Waals surface area contributed by atoms with Crippen LogP contribution in [0.5, 0.6) is 0 Å². The van der Waals surface area contributed by atoms with Crippen LogP contribution >= 0.6 is 23.2 Å². The Bertz CT molecular complexity index is 1130. The zero-order valence-electron chi connectivity index (χ0n) is 18.8. The fraction of sp³-hybridized carbons (Fsp3) is 0.480.